The van der Waals surface area contributed by atoms with Crippen LogP contribution >= 0.6 is 44.8 Å². The zero-order valence-electron chi connectivity index (χ0n) is 30.2. The van der Waals surface area contributed by atoms with E-state index in [0.29, 0.717) is 52.5 Å². The summed E-state index contributed by atoms with van der Waals surface area (Å²) in [6, 6.07) is 13.3. The van der Waals surface area contributed by atoms with Crippen molar-refractivity contribution in [1.29, 1.82) is 0 Å². The fourth-order valence-corrected chi connectivity index (χ4v) is 11.1. The minimum atomic E-state index is -3.57. The molecular formula is C39H40Cl2N2O9S3. The highest BCUT2D eigenvalue weighted by Gasteiger charge is 2.31. The van der Waals surface area contributed by atoms with Gasteiger partial charge in [-0.05, 0) is 78.8 Å². The average molecular weight is 848 g/mol. The van der Waals surface area contributed by atoms with Gasteiger partial charge >= 0.3 is 11.9 Å². The van der Waals surface area contributed by atoms with Crippen molar-refractivity contribution in [3.8, 4) is 0 Å². The summed E-state index contributed by atoms with van der Waals surface area (Å²) < 4.78 is 40.8. The van der Waals surface area contributed by atoms with Gasteiger partial charge in [0, 0.05) is 61.1 Å². The minimum absolute atomic E-state index is 0.00585. The number of rotatable bonds is 14. The summed E-state index contributed by atoms with van der Waals surface area (Å²) in [7, 11) is 0.185. The van der Waals surface area contributed by atoms with E-state index >= 15 is 0 Å². The lowest BCUT2D eigenvalue weighted by Gasteiger charge is -2.30. The van der Waals surface area contributed by atoms with Crippen LogP contribution in [-0.4, -0.2) is 73.2 Å². The number of unbranched alkanes of at least 4 members (excludes halogenated alkanes) is 1. The Bertz CT molecular complexity index is 2210. The van der Waals surface area contributed by atoms with E-state index in [-0.39, 0.29) is 45.8 Å². The van der Waals surface area contributed by atoms with Gasteiger partial charge in [0.25, 0.3) is 11.8 Å². The van der Waals surface area contributed by atoms with Gasteiger partial charge in [0.05, 0.1) is 26.8 Å². The Labute approximate surface area is 337 Å². The summed E-state index contributed by atoms with van der Waals surface area (Å²) in [6.07, 6.45) is 5.45. The van der Waals surface area contributed by atoms with Gasteiger partial charge in [0.15, 0.2) is 9.84 Å². The summed E-state index contributed by atoms with van der Waals surface area (Å²) in [6.45, 7) is 1.93. The number of carbonyl (C=O) groups is 4. The highest BCUT2D eigenvalue weighted by Crippen LogP contribution is 2.40. The summed E-state index contributed by atoms with van der Waals surface area (Å²) in [4.78, 5) is 55.2. The molecule has 0 bridgehead atoms. The number of hydrogen-bond donors (Lipinski definition) is 1. The quantitative estimate of drug-likeness (QED) is 0.0573. The molecular weight excluding hydrogens is 808 g/mol. The highest BCUT2D eigenvalue weighted by molar-refractivity contribution is 8.77. The van der Waals surface area contributed by atoms with Crippen LogP contribution in [-0.2, 0) is 48.3 Å². The molecule has 1 fully saturated rings. The van der Waals surface area contributed by atoms with Crippen molar-refractivity contribution < 1.29 is 41.5 Å². The fraction of sp³-hybridized carbons (Fsp3) is 0.385. The predicted molar refractivity (Wildman–Crippen MR) is 214 cm³/mol. The minimum Gasteiger partial charge on any atom is -0.464 e. The highest BCUT2D eigenvalue weighted by atomic mass is 35.5. The van der Waals surface area contributed by atoms with Crippen molar-refractivity contribution in [2.24, 2.45) is 0 Å². The van der Waals surface area contributed by atoms with Gasteiger partial charge in [0.1, 0.15) is 11.6 Å². The van der Waals surface area contributed by atoms with Crippen molar-refractivity contribution in [1.82, 2.24) is 10.2 Å². The zero-order chi connectivity index (χ0) is 39.3. The van der Waals surface area contributed by atoms with Gasteiger partial charge in [0.2, 0.25) is 6.29 Å². The molecule has 4 aromatic rings. The molecule has 2 amide bonds. The van der Waals surface area contributed by atoms with Crippen LogP contribution in [0.25, 0.3) is 11.0 Å². The molecule has 55 heavy (non-hydrogen) atoms. The summed E-state index contributed by atoms with van der Waals surface area (Å²) >= 11 is 13.5. The first-order valence-electron chi connectivity index (χ1n) is 17.8. The lowest BCUT2D eigenvalue weighted by atomic mass is 9.95. The third-order valence-corrected chi connectivity index (χ3v) is 14.3. The number of esters is 2. The fourth-order valence-electron chi connectivity index (χ4n) is 6.59. The second-order valence-electron chi connectivity index (χ2n) is 13.6. The lowest BCUT2D eigenvalue weighted by molar-refractivity contribution is -0.185. The van der Waals surface area contributed by atoms with Crippen LogP contribution < -0.4 is 5.32 Å². The molecule has 16 heteroatoms. The molecule has 11 nitrogen and oxygen atoms in total. The number of ether oxygens (including phenoxy) is 2. The topological polar surface area (TPSA) is 149 Å². The van der Waals surface area contributed by atoms with E-state index in [2.05, 4.69) is 5.32 Å². The maximum Gasteiger partial charge on any atom is 0.332 e. The Morgan fingerprint density at radius 2 is 1.87 bits per heavy atom. The normalized spacial score (nSPS) is 16.7. The number of fused-ring (bicyclic) bond motifs is 2. The number of hydrogen-bond acceptors (Lipinski definition) is 11. The second-order valence-corrected chi connectivity index (χ2v) is 19.1. The number of amides is 2. The first kappa shape index (κ1) is 41.0. The molecule has 3 atom stereocenters. The van der Waals surface area contributed by atoms with Crippen LogP contribution in [0.4, 0.5) is 0 Å². The average Bonchev–Trinajstić information content (AvgIpc) is 3.84. The van der Waals surface area contributed by atoms with Crippen LogP contribution in [0.2, 0.25) is 10.0 Å². The van der Waals surface area contributed by atoms with E-state index in [1.54, 1.807) is 35.4 Å². The SMILES string of the molecule is CC(OC(=O)CCCC[C@@H]1CCSS1)OC(=O)[C@H](Cc1cccc(S(C)(=O)=O)c1)NC(=O)c1c(Cl)cc2c(c1Cl)CCN(C(=O)c1ccc3ccoc3c1)C2. The van der Waals surface area contributed by atoms with E-state index in [1.165, 1.54) is 31.5 Å². The molecule has 6 rings (SSSR count). The van der Waals surface area contributed by atoms with Crippen molar-refractivity contribution in [3.63, 3.8) is 0 Å². The number of halogens is 2. The van der Waals surface area contributed by atoms with Crippen molar-refractivity contribution in [3.05, 3.63) is 98.7 Å². The molecule has 1 unspecified atom stereocenters. The van der Waals surface area contributed by atoms with Gasteiger partial charge in [-0.1, -0.05) is 69.4 Å². The molecule has 0 radical (unpaired) electrons. The van der Waals surface area contributed by atoms with Crippen molar-refractivity contribution in [2.75, 3.05) is 18.6 Å². The summed E-state index contributed by atoms with van der Waals surface area (Å²) in [5, 5.41) is 4.25. The number of benzene rings is 3. The van der Waals surface area contributed by atoms with E-state index < -0.39 is 40.0 Å². The van der Waals surface area contributed by atoms with Crippen LogP contribution in [0.1, 0.15) is 76.4 Å². The Kier molecular flexibility index (Phi) is 13.4. The number of sulfone groups is 1. The summed E-state index contributed by atoms with van der Waals surface area (Å²) in [5.74, 6) is -1.25. The third-order valence-electron chi connectivity index (χ3n) is 9.44. The van der Waals surface area contributed by atoms with E-state index in [1.807, 2.05) is 33.7 Å². The molecule has 1 N–H and O–H groups in total. The monoisotopic (exact) mass is 846 g/mol. The summed E-state index contributed by atoms with van der Waals surface area (Å²) in [5.41, 5.74) is 2.74. The molecule has 1 saturated heterocycles. The first-order valence-corrected chi connectivity index (χ1v) is 22.8. The van der Waals surface area contributed by atoms with Crippen LogP contribution in [0.15, 0.2) is 70.2 Å². The van der Waals surface area contributed by atoms with Gasteiger partial charge in [-0.3, -0.25) is 14.4 Å². The maximum absolute atomic E-state index is 13.9. The van der Waals surface area contributed by atoms with Gasteiger partial charge in [-0.2, -0.15) is 0 Å². The maximum atomic E-state index is 13.9. The predicted octanol–water partition coefficient (Wildman–Crippen LogP) is 7.83. The molecule has 292 valence electrons. The zero-order valence-corrected chi connectivity index (χ0v) is 34.1. The number of furan rings is 1. The van der Waals surface area contributed by atoms with Crippen LogP contribution in [0.5, 0.6) is 0 Å². The van der Waals surface area contributed by atoms with E-state index in [4.69, 9.17) is 37.1 Å². The van der Waals surface area contributed by atoms with Gasteiger partial charge in [-0.25, -0.2) is 13.2 Å². The molecule has 2 aliphatic rings. The molecule has 1 aromatic heterocycles. The molecule has 0 saturated carbocycles. The van der Waals surface area contributed by atoms with Crippen molar-refractivity contribution >= 4 is 89.3 Å². The number of carbonyl (C=O) groups excluding carboxylic acids is 4. The Balaban J connectivity index is 1.15. The third kappa shape index (κ3) is 10.4. The number of nitrogens with one attached hydrogen (secondary N) is 1. The largest absolute Gasteiger partial charge is 0.464 e. The molecule has 2 aliphatic heterocycles. The lowest BCUT2D eigenvalue weighted by Crippen LogP contribution is -2.45. The van der Waals surface area contributed by atoms with Gasteiger partial charge in [-0.15, -0.1) is 0 Å². The Morgan fingerprint density at radius 1 is 1.05 bits per heavy atom. The molecule has 0 spiro atoms. The molecule has 3 heterocycles. The van der Waals surface area contributed by atoms with E-state index in [0.717, 1.165) is 30.2 Å². The smallest absolute Gasteiger partial charge is 0.332 e. The standard InChI is InChI=1S/C39H40Cl2N2O9S3/c1-23(51-34(44)9-4-3-7-28-14-17-53-54-28)52-39(47)32(19-24-6-5-8-29(18-24)55(2,48)49)42-37(45)35-31(40)20-27-22-43(15-12-30(27)36(35)41)38(46)26-11-10-25-13-16-50-33(25)21-26/h5-6,8,10-11,13,16,18,20-21,23,28,32H,3-4,7,9,12,14-15,17,19,22H2,1-2H3,(H,42,45)/t23?,28-,32+/m1/s1. The molecule has 0 aliphatic carbocycles. The van der Waals surface area contributed by atoms with E-state index in [9.17, 15) is 27.6 Å². The Hall–Kier alpha value is -3.69. The van der Waals surface area contributed by atoms with Crippen molar-refractivity contribution in [2.45, 2.75) is 80.9 Å². The molecule has 3 aromatic carbocycles. The van der Waals surface area contributed by atoms with Crippen LogP contribution in [0, 0.1) is 0 Å². The second kappa shape index (κ2) is 18.1. The van der Waals surface area contributed by atoms with Crippen LogP contribution in [0.3, 0.4) is 0 Å². The van der Waals surface area contributed by atoms with Gasteiger partial charge < -0.3 is 24.1 Å². The number of nitrogens with zero attached hydrogens (tertiary/aromatic N) is 1. The first-order chi connectivity index (χ1) is 26.3. The Morgan fingerprint density at radius 3 is 2.64 bits per heavy atom.